The lowest BCUT2D eigenvalue weighted by atomic mass is 10.3. The van der Waals surface area contributed by atoms with Crippen LogP contribution in [0.3, 0.4) is 0 Å². The summed E-state index contributed by atoms with van der Waals surface area (Å²) in [4.78, 5) is 0.196. The molecule has 0 saturated carbocycles. The second kappa shape index (κ2) is 8.35. The number of hydrogen-bond donors (Lipinski definition) is 1. The number of benzene rings is 1. The van der Waals surface area contributed by atoms with Crippen LogP contribution >= 0.6 is 28.3 Å². The lowest BCUT2D eigenvalue weighted by molar-refractivity contribution is 0.353. The van der Waals surface area contributed by atoms with Gasteiger partial charge in [0.05, 0.1) is 14.2 Å². The van der Waals surface area contributed by atoms with Crippen molar-refractivity contribution in [2.45, 2.75) is 11.3 Å². The van der Waals surface area contributed by atoms with E-state index in [1.807, 2.05) is 0 Å². The molecular formula is C13H20BrClN2O4S. The maximum atomic E-state index is 12.8. The SMILES string of the molecule is COc1cc(Br)c(S(=O)(=O)N2CCCNCC2)cc1OC.Cl. The van der Waals surface area contributed by atoms with Gasteiger partial charge in [0, 0.05) is 30.2 Å². The third-order valence-electron chi connectivity index (χ3n) is 3.35. The smallest absolute Gasteiger partial charge is 0.244 e. The van der Waals surface area contributed by atoms with Gasteiger partial charge < -0.3 is 14.8 Å². The van der Waals surface area contributed by atoms with Gasteiger partial charge in [-0.1, -0.05) is 0 Å². The van der Waals surface area contributed by atoms with Gasteiger partial charge in [-0.05, 0) is 35.0 Å². The molecule has 0 atom stereocenters. The van der Waals surface area contributed by atoms with Gasteiger partial charge in [0.2, 0.25) is 10.0 Å². The Morgan fingerprint density at radius 1 is 1.14 bits per heavy atom. The van der Waals surface area contributed by atoms with E-state index >= 15 is 0 Å². The highest BCUT2D eigenvalue weighted by molar-refractivity contribution is 9.10. The first-order valence-corrected chi connectivity index (χ1v) is 8.86. The summed E-state index contributed by atoms with van der Waals surface area (Å²) in [6.45, 7) is 2.46. The molecule has 0 spiro atoms. The summed E-state index contributed by atoms with van der Waals surface area (Å²) >= 11 is 3.32. The highest BCUT2D eigenvalue weighted by Gasteiger charge is 2.28. The Hall–Kier alpha value is -0.540. The third kappa shape index (κ3) is 4.05. The molecule has 1 aliphatic heterocycles. The van der Waals surface area contributed by atoms with E-state index in [1.165, 1.54) is 24.6 Å². The second-order valence-electron chi connectivity index (χ2n) is 4.65. The Balaban J connectivity index is 0.00000242. The second-order valence-corrected chi connectivity index (χ2v) is 7.41. The van der Waals surface area contributed by atoms with Crippen LogP contribution in [0, 0.1) is 0 Å². The Labute approximate surface area is 145 Å². The molecule has 22 heavy (non-hydrogen) atoms. The summed E-state index contributed by atoms with van der Waals surface area (Å²) in [6.07, 6.45) is 0.796. The number of hydrogen-bond acceptors (Lipinski definition) is 5. The molecule has 1 fully saturated rings. The van der Waals surface area contributed by atoms with Crippen molar-refractivity contribution in [1.82, 2.24) is 9.62 Å². The van der Waals surface area contributed by atoms with E-state index in [-0.39, 0.29) is 17.3 Å². The molecule has 1 aliphatic rings. The van der Waals surface area contributed by atoms with Crippen LogP contribution in [0.1, 0.15) is 6.42 Å². The Morgan fingerprint density at radius 2 is 1.77 bits per heavy atom. The molecule has 2 rings (SSSR count). The van der Waals surface area contributed by atoms with Gasteiger partial charge in [-0.3, -0.25) is 0 Å². The molecule has 0 bridgehead atoms. The lowest BCUT2D eigenvalue weighted by Gasteiger charge is -2.21. The maximum absolute atomic E-state index is 12.8. The van der Waals surface area contributed by atoms with Gasteiger partial charge in [0.1, 0.15) is 4.90 Å². The fourth-order valence-corrected chi connectivity index (χ4v) is 4.71. The zero-order chi connectivity index (χ0) is 15.5. The molecule has 1 aromatic carbocycles. The van der Waals surface area contributed by atoms with E-state index in [1.54, 1.807) is 6.07 Å². The topological polar surface area (TPSA) is 67.9 Å². The number of ether oxygens (including phenoxy) is 2. The molecule has 0 amide bonds. The first-order chi connectivity index (χ1) is 10.0. The third-order valence-corrected chi connectivity index (χ3v) is 6.21. The predicted octanol–water partition coefficient (Wildman–Crippen LogP) is 1.87. The Bertz CT molecular complexity index is 604. The van der Waals surface area contributed by atoms with Crippen molar-refractivity contribution in [3.8, 4) is 11.5 Å². The number of sulfonamides is 1. The molecule has 126 valence electrons. The Kier molecular flexibility index (Phi) is 7.40. The first-order valence-electron chi connectivity index (χ1n) is 6.63. The van der Waals surface area contributed by atoms with E-state index in [4.69, 9.17) is 9.47 Å². The van der Waals surface area contributed by atoms with Crippen molar-refractivity contribution in [3.05, 3.63) is 16.6 Å². The normalized spacial score (nSPS) is 16.5. The average molecular weight is 416 g/mol. The van der Waals surface area contributed by atoms with E-state index in [0.29, 0.717) is 35.6 Å². The molecule has 0 aromatic heterocycles. The maximum Gasteiger partial charge on any atom is 0.244 e. The van der Waals surface area contributed by atoms with Crippen LogP contribution in [0.2, 0.25) is 0 Å². The highest BCUT2D eigenvalue weighted by Crippen LogP contribution is 2.36. The molecule has 0 aliphatic carbocycles. The van der Waals surface area contributed by atoms with Crippen LogP contribution in [-0.4, -0.2) is 53.1 Å². The molecule has 1 N–H and O–H groups in total. The Morgan fingerprint density at radius 3 is 2.41 bits per heavy atom. The van der Waals surface area contributed by atoms with Crippen molar-refractivity contribution >= 4 is 38.4 Å². The number of methoxy groups -OCH3 is 2. The monoisotopic (exact) mass is 414 g/mol. The van der Waals surface area contributed by atoms with Crippen molar-refractivity contribution in [1.29, 1.82) is 0 Å². The van der Waals surface area contributed by atoms with Crippen LogP contribution in [0.25, 0.3) is 0 Å². The van der Waals surface area contributed by atoms with Gasteiger partial charge >= 0.3 is 0 Å². The largest absolute Gasteiger partial charge is 0.493 e. The van der Waals surface area contributed by atoms with Crippen molar-refractivity contribution in [2.75, 3.05) is 40.4 Å². The molecule has 9 heteroatoms. The number of nitrogens with one attached hydrogen (secondary N) is 1. The summed E-state index contributed by atoms with van der Waals surface area (Å²) in [6, 6.07) is 3.11. The summed E-state index contributed by atoms with van der Waals surface area (Å²) in [5.41, 5.74) is 0. The number of rotatable bonds is 4. The van der Waals surface area contributed by atoms with E-state index in [9.17, 15) is 8.42 Å². The number of nitrogens with zero attached hydrogens (tertiary/aromatic N) is 1. The molecule has 0 radical (unpaired) electrons. The van der Waals surface area contributed by atoms with Crippen molar-refractivity contribution in [3.63, 3.8) is 0 Å². The molecule has 1 aromatic rings. The van der Waals surface area contributed by atoms with E-state index in [0.717, 1.165) is 13.0 Å². The van der Waals surface area contributed by atoms with Crippen LogP contribution in [-0.2, 0) is 10.0 Å². The van der Waals surface area contributed by atoms with Crippen LogP contribution < -0.4 is 14.8 Å². The van der Waals surface area contributed by atoms with E-state index < -0.39 is 10.0 Å². The van der Waals surface area contributed by atoms with Crippen LogP contribution in [0.15, 0.2) is 21.5 Å². The minimum absolute atomic E-state index is 0. The van der Waals surface area contributed by atoms with Gasteiger partial charge in [-0.2, -0.15) is 4.31 Å². The highest BCUT2D eigenvalue weighted by atomic mass is 79.9. The molecule has 1 heterocycles. The first kappa shape index (κ1) is 19.5. The predicted molar refractivity (Wildman–Crippen MR) is 90.7 cm³/mol. The zero-order valence-electron chi connectivity index (χ0n) is 12.5. The lowest BCUT2D eigenvalue weighted by Crippen LogP contribution is -2.34. The van der Waals surface area contributed by atoms with Crippen molar-refractivity contribution in [2.24, 2.45) is 0 Å². The summed E-state index contributed by atoms with van der Waals surface area (Å²) in [5, 5.41) is 3.19. The molecular weight excluding hydrogens is 396 g/mol. The quantitative estimate of drug-likeness (QED) is 0.813. The van der Waals surface area contributed by atoms with Gasteiger partial charge in [0.15, 0.2) is 11.5 Å². The van der Waals surface area contributed by atoms with Gasteiger partial charge in [-0.25, -0.2) is 8.42 Å². The average Bonchev–Trinajstić information content (AvgIpc) is 2.76. The fraction of sp³-hybridized carbons (Fsp3) is 0.538. The summed E-state index contributed by atoms with van der Waals surface area (Å²) in [7, 11) is -0.566. The van der Waals surface area contributed by atoms with Gasteiger partial charge in [0.25, 0.3) is 0 Å². The standard InChI is InChI=1S/C13H19BrN2O4S.ClH/c1-19-11-8-10(14)13(9-12(11)20-2)21(17,18)16-6-3-4-15-5-7-16;/h8-9,15H,3-7H2,1-2H3;1H. The van der Waals surface area contributed by atoms with Gasteiger partial charge in [-0.15, -0.1) is 12.4 Å². The summed E-state index contributed by atoms with van der Waals surface area (Å²) < 4.78 is 37.9. The number of halogens is 2. The van der Waals surface area contributed by atoms with Crippen LogP contribution in [0.5, 0.6) is 11.5 Å². The minimum atomic E-state index is -3.56. The fourth-order valence-electron chi connectivity index (χ4n) is 2.23. The molecule has 0 unspecified atom stereocenters. The van der Waals surface area contributed by atoms with Crippen molar-refractivity contribution < 1.29 is 17.9 Å². The molecule has 1 saturated heterocycles. The molecule has 6 nitrogen and oxygen atoms in total. The zero-order valence-corrected chi connectivity index (χ0v) is 15.7. The van der Waals surface area contributed by atoms with E-state index in [2.05, 4.69) is 21.2 Å². The minimum Gasteiger partial charge on any atom is -0.493 e. The van der Waals surface area contributed by atoms with Crippen LogP contribution in [0.4, 0.5) is 0 Å². The summed E-state index contributed by atoms with van der Waals surface area (Å²) in [5.74, 6) is 0.882.